The largest absolute Gasteiger partial charge is 0.289 e. The fraction of sp³-hybridized carbons (Fsp3) is 0. The minimum Gasteiger partial charge on any atom is -0.289 e. The first-order valence-electron chi connectivity index (χ1n) is 5.34. The minimum atomic E-state index is -0.584. The zero-order valence-corrected chi connectivity index (χ0v) is 12.0. The van der Waals surface area contributed by atoms with Crippen molar-refractivity contribution in [1.82, 2.24) is 0 Å². The second kappa shape index (κ2) is 5.79. The van der Waals surface area contributed by atoms with E-state index in [9.17, 15) is 14.9 Å². The van der Waals surface area contributed by atoms with Gasteiger partial charge in [-0.25, -0.2) is 0 Å². The third kappa shape index (κ3) is 2.93. The maximum atomic E-state index is 12.3. The van der Waals surface area contributed by atoms with Gasteiger partial charge in [0.25, 0.3) is 5.69 Å². The van der Waals surface area contributed by atoms with Crippen LogP contribution in [-0.4, -0.2) is 10.7 Å². The summed E-state index contributed by atoms with van der Waals surface area (Å²) in [7, 11) is 0. The molecule has 0 saturated carbocycles. The topological polar surface area (TPSA) is 60.2 Å². The van der Waals surface area contributed by atoms with E-state index in [1.54, 1.807) is 0 Å². The Balaban J connectivity index is 2.43. The second-order valence-electron chi connectivity index (χ2n) is 3.88. The molecule has 0 spiro atoms. The average molecular weight is 331 g/mol. The summed E-state index contributed by atoms with van der Waals surface area (Å²) in [6.45, 7) is 0. The molecule has 0 aliphatic heterocycles. The van der Waals surface area contributed by atoms with Crippen LogP contribution in [0.25, 0.3) is 0 Å². The maximum Gasteiger partial charge on any atom is 0.270 e. The predicted octanol–water partition coefficient (Wildman–Crippen LogP) is 4.79. The molecular formula is C13H6Cl3NO3. The number of nitrogens with zero attached hydrogens (tertiary/aromatic N) is 1. The zero-order chi connectivity index (χ0) is 14.9. The number of carbonyl (C=O) groups is 1. The molecule has 0 aliphatic carbocycles. The Hall–Kier alpha value is -1.62. The molecule has 0 saturated heterocycles. The lowest BCUT2D eigenvalue weighted by molar-refractivity contribution is -0.384. The van der Waals surface area contributed by atoms with Crippen LogP contribution < -0.4 is 0 Å². The van der Waals surface area contributed by atoms with Crippen LogP contribution in [0.15, 0.2) is 36.4 Å². The fourth-order valence-corrected chi connectivity index (χ4v) is 2.15. The van der Waals surface area contributed by atoms with E-state index >= 15 is 0 Å². The van der Waals surface area contributed by atoms with E-state index in [-0.39, 0.29) is 27.1 Å². The number of carbonyl (C=O) groups excluding carboxylic acids is 1. The van der Waals surface area contributed by atoms with Crippen molar-refractivity contribution in [2.24, 2.45) is 0 Å². The van der Waals surface area contributed by atoms with Gasteiger partial charge in [0.15, 0.2) is 5.78 Å². The van der Waals surface area contributed by atoms with Crippen LogP contribution in [-0.2, 0) is 0 Å². The van der Waals surface area contributed by atoms with Crippen molar-refractivity contribution in [2.45, 2.75) is 0 Å². The first-order chi connectivity index (χ1) is 9.40. The lowest BCUT2D eigenvalue weighted by Crippen LogP contribution is -2.02. The predicted molar refractivity (Wildman–Crippen MR) is 78.0 cm³/mol. The van der Waals surface area contributed by atoms with Gasteiger partial charge in [-0.2, -0.15) is 0 Å². The Morgan fingerprint density at radius 3 is 2.20 bits per heavy atom. The first-order valence-corrected chi connectivity index (χ1v) is 6.47. The van der Waals surface area contributed by atoms with Gasteiger partial charge in [0, 0.05) is 23.3 Å². The van der Waals surface area contributed by atoms with Crippen molar-refractivity contribution in [3.05, 3.63) is 72.7 Å². The summed E-state index contributed by atoms with van der Waals surface area (Å²) in [5.41, 5.74) is 0.284. The highest BCUT2D eigenvalue weighted by Gasteiger charge is 2.17. The molecule has 20 heavy (non-hydrogen) atoms. The van der Waals surface area contributed by atoms with Crippen LogP contribution in [0.4, 0.5) is 5.69 Å². The number of hydrogen-bond donors (Lipinski definition) is 0. The fourth-order valence-electron chi connectivity index (χ4n) is 1.59. The van der Waals surface area contributed by atoms with Crippen molar-refractivity contribution in [3.63, 3.8) is 0 Å². The molecule has 0 aliphatic rings. The number of ketones is 1. The summed E-state index contributed by atoms with van der Waals surface area (Å²) in [6, 6.07) is 8.09. The Morgan fingerprint density at radius 2 is 1.65 bits per heavy atom. The highest BCUT2D eigenvalue weighted by atomic mass is 35.5. The Morgan fingerprint density at radius 1 is 0.950 bits per heavy atom. The number of nitro groups is 1. The van der Waals surface area contributed by atoms with E-state index in [0.717, 1.165) is 6.07 Å². The molecule has 0 heterocycles. The van der Waals surface area contributed by atoms with E-state index in [2.05, 4.69) is 0 Å². The molecule has 0 unspecified atom stereocenters. The van der Waals surface area contributed by atoms with E-state index in [4.69, 9.17) is 34.8 Å². The van der Waals surface area contributed by atoms with Gasteiger partial charge in [0.2, 0.25) is 0 Å². The number of rotatable bonds is 3. The molecule has 0 aromatic heterocycles. The SMILES string of the molecule is O=C(c1ccc(Cl)c(Cl)c1)c1ccc([N+](=O)[O-])cc1Cl. The van der Waals surface area contributed by atoms with Crippen LogP contribution in [0.5, 0.6) is 0 Å². The Kier molecular flexibility index (Phi) is 4.28. The smallest absolute Gasteiger partial charge is 0.270 e. The summed E-state index contributed by atoms with van der Waals surface area (Å²) in [5.74, 6) is -0.386. The number of halogens is 3. The number of non-ortho nitro benzene ring substituents is 1. The van der Waals surface area contributed by atoms with Crippen LogP contribution in [0.2, 0.25) is 15.1 Å². The molecular weight excluding hydrogens is 325 g/mol. The van der Waals surface area contributed by atoms with Crippen molar-refractivity contribution < 1.29 is 9.72 Å². The molecule has 0 atom stereocenters. The second-order valence-corrected chi connectivity index (χ2v) is 5.10. The van der Waals surface area contributed by atoms with E-state index < -0.39 is 4.92 Å². The molecule has 7 heteroatoms. The van der Waals surface area contributed by atoms with Gasteiger partial charge in [-0.3, -0.25) is 14.9 Å². The van der Waals surface area contributed by atoms with E-state index in [1.165, 1.54) is 30.3 Å². The van der Waals surface area contributed by atoms with Gasteiger partial charge in [-0.05, 0) is 24.3 Å². The molecule has 0 bridgehead atoms. The van der Waals surface area contributed by atoms with Gasteiger partial charge in [-0.15, -0.1) is 0 Å². The Bertz CT molecular complexity index is 716. The summed E-state index contributed by atoms with van der Waals surface area (Å²) in [5, 5.41) is 11.2. The number of nitro benzene ring substituents is 1. The summed E-state index contributed by atoms with van der Waals surface area (Å²) in [4.78, 5) is 22.3. The van der Waals surface area contributed by atoms with Gasteiger partial charge in [-0.1, -0.05) is 34.8 Å². The highest BCUT2D eigenvalue weighted by Crippen LogP contribution is 2.27. The molecule has 2 aromatic carbocycles. The molecule has 0 amide bonds. The first kappa shape index (κ1) is 14.8. The van der Waals surface area contributed by atoms with Crippen molar-refractivity contribution in [1.29, 1.82) is 0 Å². The molecule has 2 rings (SSSR count). The van der Waals surface area contributed by atoms with Crippen molar-refractivity contribution >= 4 is 46.3 Å². The maximum absolute atomic E-state index is 12.3. The molecule has 102 valence electrons. The Labute approximate surface area is 129 Å². The van der Waals surface area contributed by atoms with Crippen LogP contribution in [0.1, 0.15) is 15.9 Å². The quantitative estimate of drug-likeness (QED) is 0.462. The standard InChI is InChI=1S/C13H6Cl3NO3/c14-10-4-1-7(5-12(10)16)13(18)9-3-2-8(17(19)20)6-11(9)15/h1-6H. The summed E-state index contributed by atoms with van der Waals surface area (Å²) >= 11 is 17.5. The number of hydrogen-bond acceptors (Lipinski definition) is 3. The lowest BCUT2D eigenvalue weighted by Gasteiger charge is -2.05. The monoisotopic (exact) mass is 329 g/mol. The van der Waals surface area contributed by atoms with Gasteiger partial charge in [0.05, 0.1) is 20.0 Å². The highest BCUT2D eigenvalue weighted by molar-refractivity contribution is 6.42. The molecule has 0 N–H and O–H groups in total. The summed E-state index contributed by atoms with van der Waals surface area (Å²) in [6.07, 6.45) is 0. The lowest BCUT2D eigenvalue weighted by atomic mass is 10.0. The third-order valence-corrected chi connectivity index (χ3v) is 3.64. The van der Waals surface area contributed by atoms with Gasteiger partial charge in [0.1, 0.15) is 0 Å². The van der Waals surface area contributed by atoms with E-state index in [0.29, 0.717) is 10.6 Å². The molecule has 4 nitrogen and oxygen atoms in total. The minimum absolute atomic E-state index is 0.00951. The summed E-state index contributed by atoms with van der Waals surface area (Å²) < 4.78 is 0. The third-order valence-electron chi connectivity index (χ3n) is 2.59. The van der Waals surface area contributed by atoms with Crippen LogP contribution in [0, 0.1) is 10.1 Å². The molecule has 0 radical (unpaired) electrons. The normalized spacial score (nSPS) is 10.3. The zero-order valence-electron chi connectivity index (χ0n) is 9.77. The molecule has 2 aromatic rings. The number of benzene rings is 2. The van der Waals surface area contributed by atoms with Crippen LogP contribution in [0.3, 0.4) is 0 Å². The average Bonchev–Trinajstić information content (AvgIpc) is 2.41. The van der Waals surface area contributed by atoms with Crippen LogP contribution >= 0.6 is 34.8 Å². The van der Waals surface area contributed by atoms with Crippen molar-refractivity contribution in [2.75, 3.05) is 0 Å². The van der Waals surface area contributed by atoms with Gasteiger partial charge >= 0.3 is 0 Å². The molecule has 0 fully saturated rings. The van der Waals surface area contributed by atoms with Crippen molar-refractivity contribution in [3.8, 4) is 0 Å². The van der Waals surface area contributed by atoms with E-state index in [1.807, 2.05) is 0 Å². The van der Waals surface area contributed by atoms with Gasteiger partial charge < -0.3 is 0 Å².